The van der Waals surface area contributed by atoms with Crippen LogP contribution in [0.1, 0.15) is 43.1 Å². The van der Waals surface area contributed by atoms with Crippen LogP contribution in [0.15, 0.2) is 47.8 Å². The van der Waals surface area contributed by atoms with Crippen molar-refractivity contribution in [2.24, 2.45) is 4.99 Å². The number of pyridine rings is 1. The van der Waals surface area contributed by atoms with Gasteiger partial charge < -0.3 is 10.0 Å². The number of aromatic nitrogens is 3. The number of nitrogens with zero attached hydrogens (tertiary/aromatic N) is 5. The van der Waals surface area contributed by atoms with E-state index in [9.17, 15) is 18.3 Å². The number of alkyl halides is 1. The Morgan fingerprint density at radius 2 is 1.97 bits per heavy atom. The zero-order valence-corrected chi connectivity index (χ0v) is 18.3. The van der Waals surface area contributed by atoms with Gasteiger partial charge in [0.25, 0.3) is 0 Å². The molecule has 0 radical (unpaired) electrons. The second-order valence-electron chi connectivity index (χ2n) is 9.26. The number of aliphatic hydroxyl groups is 1. The van der Waals surface area contributed by atoms with Crippen LogP contribution in [0, 0.1) is 11.6 Å². The van der Waals surface area contributed by atoms with Crippen LogP contribution in [-0.4, -0.2) is 48.9 Å². The minimum atomic E-state index is -1.18. The number of fused-ring (bicyclic) bond motifs is 1. The lowest BCUT2D eigenvalue weighted by Crippen LogP contribution is -2.32. The Kier molecular flexibility index (Phi) is 5.23. The molecular weight excluding hydrogens is 431 g/mol. The van der Waals surface area contributed by atoms with Crippen molar-refractivity contribution in [3.05, 3.63) is 71.3 Å². The average molecular weight is 455 g/mol. The van der Waals surface area contributed by atoms with Crippen molar-refractivity contribution in [1.29, 1.82) is 0 Å². The first kappa shape index (κ1) is 21.6. The van der Waals surface area contributed by atoms with E-state index < -0.39 is 29.4 Å². The number of hydrogen-bond acceptors (Lipinski definition) is 5. The summed E-state index contributed by atoms with van der Waals surface area (Å²) < 4.78 is 44.5. The highest BCUT2D eigenvalue weighted by atomic mass is 19.1. The van der Waals surface area contributed by atoms with E-state index in [2.05, 4.69) is 15.1 Å². The predicted octanol–water partition coefficient (Wildman–Crippen LogP) is 4.04. The maximum atomic E-state index is 14.5. The second-order valence-corrected chi connectivity index (χ2v) is 9.26. The molecule has 2 aliphatic rings. The number of hydrogen-bond donors (Lipinski definition) is 1. The topological polar surface area (TPSA) is 66.5 Å². The van der Waals surface area contributed by atoms with Gasteiger partial charge in [-0.05, 0) is 38.1 Å². The summed E-state index contributed by atoms with van der Waals surface area (Å²) in [6.45, 7) is 4.14. The van der Waals surface area contributed by atoms with Crippen LogP contribution in [0.4, 0.5) is 13.2 Å². The number of halogens is 3. The molecule has 0 saturated carbocycles. The minimum absolute atomic E-state index is 0.0483. The first-order valence-corrected chi connectivity index (χ1v) is 10.8. The quantitative estimate of drug-likeness (QED) is 0.645. The third-order valence-electron chi connectivity index (χ3n) is 5.94. The Morgan fingerprint density at radius 1 is 1.15 bits per heavy atom. The van der Waals surface area contributed by atoms with Crippen molar-refractivity contribution in [3.8, 4) is 11.1 Å². The maximum absolute atomic E-state index is 14.5. The zero-order chi connectivity index (χ0) is 23.3. The predicted molar refractivity (Wildman–Crippen MR) is 117 cm³/mol. The summed E-state index contributed by atoms with van der Waals surface area (Å²) in [5.74, 6) is -0.586. The molecule has 9 heteroatoms. The molecule has 6 nitrogen and oxygen atoms in total. The van der Waals surface area contributed by atoms with Crippen LogP contribution in [0.2, 0.25) is 0 Å². The van der Waals surface area contributed by atoms with E-state index in [0.29, 0.717) is 18.9 Å². The van der Waals surface area contributed by atoms with Gasteiger partial charge in [-0.25, -0.2) is 13.2 Å². The third-order valence-corrected chi connectivity index (χ3v) is 5.94. The molecule has 4 heterocycles. The summed E-state index contributed by atoms with van der Waals surface area (Å²) in [5, 5.41) is 14.3. The number of likely N-dealkylation sites (tertiary alicyclic amines) is 1. The van der Waals surface area contributed by atoms with Crippen LogP contribution in [0.3, 0.4) is 0 Å². The van der Waals surface area contributed by atoms with Gasteiger partial charge in [0.2, 0.25) is 0 Å². The molecule has 1 fully saturated rings. The summed E-state index contributed by atoms with van der Waals surface area (Å²) in [6.07, 6.45) is 4.13. The zero-order valence-electron chi connectivity index (χ0n) is 18.3. The molecular formula is C24H24F3N5O. The molecule has 3 aromatic rings. The standard InChI is InChI=1S/C24H24F3N5O/c1-24(2,33)13-31-11-15(9-30-31)14-5-19-21(28-8-14)10-29-23(19)32-12-17(26)7-22(32)18-6-16(25)3-4-20(18)27/h3-6,8-9,11,17,22,33H,7,10,12-13H2,1-2H3/t17-,22+/m0/s1. The Hall–Kier alpha value is -3.20. The lowest BCUT2D eigenvalue weighted by molar-refractivity contribution is 0.0577. The van der Waals surface area contributed by atoms with Gasteiger partial charge in [-0.1, -0.05) is 0 Å². The van der Waals surface area contributed by atoms with Crippen LogP contribution < -0.4 is 0 Å². The number of amidine groups is 1. The summed E-state index contributed by atoms with van der Waals surface area (Å²) in [7, 11) is 0. The van der Waals surface area contributed by atoms with Gasteiger partial charge in [0, 0.05) is 41.1 Å². The molecule has 1 N–H and O–H groups in total. The highest BCUT2D eigenvalue weighted by Crippen LogP contribution is 2.38. The molecule has 2 aromatic heterocycles. The Balaban J connectivity index is 1.47. The SMILES string of the molecule is CC(C)(O)Cn1cc(-c2cnc3c(c2)C(N2C[C@@H](F)C[C@@H]2c2cc(F)ccc2F)=NC3)cn1. The number of benzene rings is 1. The summed E-state index contributed by atoms with van der Waals surface area (Å²) in [6, 6.07) is 4.53. The first-order valence-electron chi connectivity index (χ1n) is 10.8. The summed E-state index contributed by atoms with van der Waals surface area (Å²) >= 11 is 0. The maximum Gasteiger partial charge on any atom is 0.133 e. The lowest BCUT2D eigenvalue weighted by Gasteiger charge is -2.27. The second kappa shape index (κ2) is 7.98. The third kappa shape index (κ3) is 4.25. The molecule has 0 amide bonds. The van der Waals surface area contributed by atoms with Crippen molar-refractivity contribution in [2.75, 3.05) is 6.54 Å². The fourth-order valence-electron chi connectivity index (χ4n) is 4.53. The molecule has 1 saturated heterocycles. The van der Waals surface area contributed by atoms with Crippen LogP contribution >= 0.6 is 0 Å². The fraction of sp³-hybridized carbons (Fsp3) is 0.375. The minimum Gasteiger partial charge on any atom is -0.389 e. The van der Waals surface area contributed by atoms with Crippen molar-refractivity contribution in [3.63, 3.8) is 0 Å². The first-order chi connectivity index (χ1) is 15.7. The van der Waals surface area contributed by atoms with E-state index in [1.165, 1.54) is 0 Å². The molecule has 5 rings (SSSR count). The molecule has 0 aliphatic carbocycles. The van der Waals surface area contributed by atoms with E-state index in [1.54, 1.807) is 35.8 Å². The average Bonchev–Trinajstić information content (AvgIpc) is 3.46. The van der Waals surface area contributed by atoms with Gasteiger partial charge in [0.15, 0.2) is 0 Å². The normalized spacial score (nSPS) is 20.3. The van der Waals surface area contributed by atoms with Gasteiger partial charge in [-0.2, -0.15) is 5.10 Å². The number of rotatable bonds is 4. The van der Waals surface area contributed by atoms with Crippen molar-refractivity contribution >= 4 is 5.84 Å². The molecule has 0 bridgehead atoms. The van der Waals surface area contributed by atoms with Crippen molar-refractivity contribution in [2.45, 2.75) is 51.2 Å². The van der Waals surface area contributed by atoms with Crippen LogP contribution in [-0.2, 0) is 13.1 Å². The smallest absolute Gasteiger partial charge is 0.133 e. The van der Waals surface area contributed by atoms with Gasteiger partial charge >= 0.3 is 0 Å². The van der Waals surface area contributed by atoms with E-state index in [4.69, 9.17) is 0 Å². The van der Waals surface area contributed by atoms with E-state index in [-0.39, 0.29) is 18.5 Å². The molecule has 2 atom stereocenters. The molecule has 33 heavy (non-hydrogen) atoms. The summed E-state index contributed by atoms with van der Waals surface area (Å²) in [5.41, 5.74) is 2.34. The van der Waals surface area contributed by atoms with E-state index >= 15 is 0 Å². The molecule has 172 valence electrons. The molecule has 1 aromatic carbocycles. The number of aliphatic imine (C=N–C) groups is 1. The monoisotopic (exact) mass is 455 g/mol. The highest BCUT2D eigenvalue weighted by molar-refractivity contribution is 6.02. The Morgan fingerprint density at radius 3 is 2.76 bits per heavy atom. The molecule has 0 unspecified atom stereocenters. The van der Waals surface area contributed by atoms with Crippen LogP contribution in [0.25, 0.3) is 11.1 Å². The lowest BCUT2D eigenvalue weighted by atomic mass is 10.0. The van der Waals surface area contributed by atoms with Gasteiger partial charge in [-0.3, -0.25) is 14.7 Å². The molecule has 2 aliphatic heterocycles. The van der Waals surface area contributed by atoms with Crippen LogP contribution in [0.5, 0.6) is 0 Å². The van der Waals surface area contributed by atoms with Gasteiger partial charge in [-0.15, -0.1) is 0 Å². The largest absolute Gasteiger partial charge is 0.389 e. The Labute approximate surface area is 189 Å². The van der Waals surface area contributed by atoms with E-state index in [1.807, 2.05) is 12.3 Å². The van der Waals surface area contributed by atoms with Crippen molar-refractivity contribution in [1.82, 2.24) is 19.7 Å². The van der Waals surface area contributed by atoms with Gasteiger partial charge in [0.05, 0.1) is 43.2 Å². The fourth-order valence-corrected chi connectivity index (χ4v) is 4.53. The highest BCUT2D eigenvalue weighted by Gasteiger charge is 2.39. The van der Waals surface area contributed by atoms with E-state index in [0.717, 1.165) is 40.6 Å². The van der Waals surface area contributed by atoms with Crippen molar-refractivity contribution < 1.29 is 18.3 Å². The van der Waals surface area contributed by atoms with Gasteiger partial charge in [0.1, 0.15) is 23.6 Å². The summed E-state index contributed by atoms with van der Waals surface area (Å²) in [4.78, 5) is 10.8. The Bertz CT molecular complexity index is 1230. The molecule has 0 spiro atoms.